The average Bonchev–Trinajstić information content (AvgIpc) is 3.31. The normalized spacial score (nSPS) is 10.6. The van der Waals surface area contributed by atoms with E-state index >= 15 is 0 Å². The Morgan fingerprint density at radius 2 is 1.68 bits per heavy atom. The molecule has 0 atom stereocenters. The minimum absolute atomic E-state index is 0.0223. The van der Waals surface area contributed by atoms with Crippen LogP contribution in [-0.4, -0.2) is 81.8 Å². The second-order valence-corrected chi connectivity index (χ2v) is 9.40. The summed E-state index contributed by atoms with van der Waals surface area (Å²) in [7, 11) is 4.72. The molecule has 204 valence electrons. The van der Waals surface area contributed by atoms with Crippen LogP contribution in [0.5, 0.6) is 11.5 Å². The lowest BCUT2D eigenvalue weighted by molar-refractivity contribution is -0.146. The first kappa shape index (κ1) is 30.1. The molecule has 1 aromatic heterocycles. The second kappa shape index (κ2) is 15.9. The van der Waals surface area contributed by atoms with E-state index < -0.39 is 5.97 Å². The van der Waals surface area contributed by atoms with Crippen LogP contribution in [-0.2, 0) is 36.8 Å². The van der Waals surface area contributed by atoms with Gasteiger partial charge in [-0.3, -0.25) is 14.4 Å². The summed E-state index contributed by atoms with van der Waals surface area (Å²) in [6.45, 7) is 5.35. The molecule has 9 nitrogen and oxygen atoms in total. The number of carbonyl (C=O) groups excluding carboxylic acids is 3. The van der Waals surface area contributed by atoms with Crippen molar-refractivity contribution in [3.63, 3.8) is 0 Å². The second-order valence-electron chi connectivity index (χ2n) is 8.39. The van der Waals surface area contributed by atoms with Crippen LogP contribution < -0.4 is 9.47 Å². The van der Waals surface area contributed by atoms with Gasteiger partial charge in [-0.1, -0.05) is 6.07 Å². The summed E-state index contributed by atoms with van der Waals surface area (Å²) in [5.74, 6) is 0.381. The van der Waals surface area contributed by atoms with Crippen LogP contribution in [0.1, 0.15) is 35.8 Å². The molecule has 0 aliphatic carbocycles. The maximum atomic E-state index is 13.5. The first-order valence-electron chi connectivity index (χ1n) is 12.3. The zero-order chi connectivity index (χ0) is 27.2. The Hall–Kier alpha value is -3.11. The van der Waals surface area contributed by atoms with Crippen LogP contribution in [0.3, 0.4) is 0 Å². The maximum absolute atomic E-state index is 13.5. The summed E-state index contributed by atoms with van der Waals surface area (Å²) in [5.41, 5.74) is 2.12. The predicted octanol–water partition coefficient (Wildman–Crippen LogP) is 3.46. The third kappa shape index (κ3) is 9.70. The number of esters is 1. The molecule has 2 rings (SSSR count). The van der Waals surface area contributed by atoms with E-state index in [0.717, 1.165) is 16.0 Å². The molecule has 2 amide bonds. The minimum Gasteiger partial charge on any atom is -0.493 e. The zero-order valence-electron chi connectivity index (χ0n) is 22.4. The van der Waals surface area contributed by atoms with Gasteiger partial charge in [-0.15, -0.1) is 11.3 Å². The smallest absolute Gasteiger partial charge is 0.306 e. The van der Waals surface area contributed by atoms with Crippen LogP contribution in [0, 0.1) is 6.92 Å². The zero-order valence-corrected chi connectivity index (χ0v) is 23.2. The van der Waals surface area contributed by atoms with Gasteiger partial charge >= 0.3 is 5.97 Å². The van der Waals surface area contributed by atoms with Crippen molar-refractivity contribution in [2.75, 3.05) is 54.2 Å². The number of hydrogen-bond acceptors (Lipinski definition) is 8. The fraction of sp³-hybridized carbons (Fsp3) is 0.519. The molecule has 0 bridgehead atoms. The number of benzene rings is 1. The Bertz CT molecular complexity index is 1020. The maximum Gasteiger partial charge on any atom is 0.306 e. The molecule has 0 saturated heterocycles. The molecular formula is C27H38N2O7S. The van der Waals surface area contributed by atoms with Crippen molar-refractivity contribution in [1.29, 1.82) is 0 Å². The molecule has 0 fully saturated rings. The van der Waals surface area contributed by atoms with E-state index in [4.69, 9.17) is 18.9 Å². The number of nitrogens with zero attached hydrogens (tertiary/aromatic N) is 2. The molecule has 0 radical (unpaired) electrons. The summed E-state index contributed by atoms with van der Waals surface area (Å²) in [4.78, 5) is 42.4. The van der Waals surface area contributed by atoms with Crippen molar-refractivity contribution in [2.24, 2.45) is 0 Å². The first-order chi connectivity index (χ1) is 17.8. The summed E-state index contributed by atoms with van der Waals surface area (Å²) in [6.07, 6.45) is 0.554. The summed E-state index contributed by atoms with van der Waals surface area (Å²) in [5, 5.41) is 2.01. The van der Waals surface area contributed by atoms with Crippen LogP contribution >= 0.6 is 11.3 Å². The topological polar surface area (TPSA) is 94.6 Å². The highest BCUT2D eigenvalue weighted by Crippen LogP contribution is 2.28. The van der Waals surface area contributed by atoms with E-state index in [-0.39, 0.29) is 51.0 Å². The quantitative estimate of drug-likeness (QED) is 0.305. The lowest BCUT2D eigenvalue weighted by atomic mass is 10.1. The molecule has 2 aromatic rings. The van der Waals surface area contributed by atoms with Crippen molar-refractivity contribution in [1.82, 2.24) is 9.80 Å². The number of hydrogen-bond donors (Lipinski definition) is 0. The highest BCUT2D eigenvalue weighted by atomic mass is 32.1. The van der Waals surface area contributed by atoms with Gasteiger partial charge in [0.05, 0.1) is 46.9 Å². The van der Waals surface area contributed by atoms with Gasteiger partial charge in [0, 0.05) is 31.5 Å². The van der Waals surface area contributed by atoms with Crippen LogP contribution in [0.25, 0.3) is 0 Å². The molecule has 1 heterocycles. The summed E-state index contributed by atoms with van der Waals surface area (Å²) >= 11 is 1.60. The van der Waals surface area contributed by atoms with E-state index in [2.05, 4.69) is 0 Å². The SMILES string of the molecule is CCOC(=O)CCC(=O)N(CCOC)CC(=O)N(CCc1ccc(OC)c(OC)c1)Cc1sccc1C. The highest BCUT2D eigenvalue weighted by Gasteiger charge is 2.23. The molecule has 37 heavy (non-hydrogen) atoms. The molecular weight excluding hydrogens is 496 g/mol. The van der Waals surface area contributed by atoms with Crippen molar-refractivity contribution >= 4 is 29.1 Å². The average molecular weight is 535 g/mol. The molecule has 0 saturated carbocycles. The highest BCUT2D eigenvalue weighted by molar-refractivity contribution is 7.10. The summed E-state index contributed by atoms with van der Waals surface area (Å²) < 4.78 is 20.8. The molecule has 0 spiro atoms. The van der Waals surface area contributed by atoms with E-state index in [1.165, 1.54) is 12.0 Å². The van der Waals surface area contributed by atoms with Gasteiger partial charge in [0.15, 0.2) is 11.5 Å². The number of rotatable bonds is 16. The molecule has 0 unspecified atom stereocenters. The van der Waals surface area contributed by atoms with Gasteiger partial charge in [-0.25, -0.2) is 0 Å². The third-order valence-electron chi connectivity index (χ3n) is 5.87. The molecule has 10 heteroatoms. The first-order valence-corrected chi connectivity index (χ1v) is 13.1. The monoisotopic (exact) mass is 534 g/mol. The third-order valence-corrected chi connectivity index (χ3v) is 6.87. The van der Waals surface area contributed by atoms with Gasteiger partial charge < -0.3 is 28.7 Å². The van der Waals surface area contributed by atoms with Crippen LogP contribution in [0.15, 0.2) is 29.6 Å². The van der Waals surface area contributed by atoms with Gasteiger partial charge in [-0.05, 0) is 55.0 Å². The number of thiophene rings is 1. The number of aryl methyl sites for hydroxylation is 1. The fourth-order valence-corrected chi connectivity index (χ4v) is 4.61. The van der Waals surface area contributed by atoms with E-state index in [0.29, 0.717) is 31.0 Å². The van der Waals surface area contributed by atoms with Crippen molar-refractivity contribution < 1.29 is 33.3 Å². The Balaban J connectivity index is 2.16. The van der Waals surface area contributed by atoms with E-state index in [1.807, 2.05) is 36.6 Å². The molecule has 0 aliphatic rings. The number of carbonyl (C=O) groups is 3. The predicted molar refractivity (Wildman–Crippen MR) is 142 cm³/mol. The lowest BCUT2D eigenvalue weighted by Gasteiger charge is -2.28. The minimum atomic E-state index is -0.432. The largest absolute Gasteiger partial charge is 0.493 e. The summed E-state index contributed by atoms with van der Waals surface area (Å²) in [6, 6.07) is 7.73. The Morgan fingerprint density at radius 3 is 2.30 bits per heavy atom. The molecule has 1 aromatic carbocycles. The Morgan fingerprint density at radius 1 is 0.919 bits per heavy atom. The van der Waals surface area contributed by atoms with Crippen LogP contribution in [0.4, 0.5) is 0 Å². The van der Waals surface area contributed by atoms with Gasteiger partial charge in [0.25, 0.3) is 0 Å². The number of amides is 2. The van der Waals surface area contributed by atoms with E-state index in [1.54, 1.807) is 37.4 Å². The van der Waals surface area contributed by atoms with Crippen molar-refractivity contribution in [3.05, 3.63) is 45.6 Å². The Labute approximate surface area is 223 Å². The fourth-order valence-electron chi connectivity index (χ4n) is 3.69. The van der Waals surface area contributed by atoms with Gasteiger partial charge in [0.1, 0.15) is 0 Å². The number of ether oxygens (including phenoxy) is 4. The lowest BCUT2D eigenvalue weighted by Crippen LogP contribution is -2.44. The van der Waals surface area contributed by atoms with Gasteiger partial charge in [-0.2, -0.15) is 0 Å². The van der Waals surface area contributed by atoms with E-state index in [9.17, 15) is 14.4 Å². The number of methoxy groups -OCH3 is 3. The van der Waals surface area contributed by atoms with Gasteiger partial charge in [0.2, 0.25) is 11.8 Å². The molecule has 0 N–H and O–H groups in total. The molecule has 0 aliphatic heterocycles. The standard InChI is InChI=1S/C27H38N2O7S/c1-6-36-27(32)10-9-25(30)29(14-15-33-3)19-26(31)28(18-24-20(2)12-16-37-24)13-11-21-7-8-22(34-4)23(17-21)35-5/h7-8,12,16-17H,6,9-11,13-15,18-19H2,1-5H3. The van der Waals surface area contributed by atoms with Crippen molar-refractivity contribution in [3.8, 4) is 11.5 Å². The Kier molecular flexibility index (Phi) is 12.9. The van der Waals surface area contributed by atoms with Crippen molar-refractivity contribution in [2.45, 2.75) is 39.7 Å². The van der Waals surface area contributed by atoms with Crippen LogP contribution in [0.2, 0.25) is 0 Å².